The van der Waals surface area contributed by atoms with Gasteiger partial charge < -0.3 is 19.5 Å². The first-order chi connectivity index (χ1) is 14.5. The van der Waals surface area contributed by atoms with Gasteiger partial charge in [-0.05, 0) is 50.2 Å². The van der Waals surface area contributed by atoms with Gasteiger partial charge in [-0.2, -0.15) is 0 Å². The molecule has 0 fully saturated rings. The zero-order chi connectivity index (χ0) is 22.8. The summed E-state index contributed by atoms with van der Waals surface area (Å²) >= 11 is 0. The lowest BCUT2D eigenvalue weighted by atomic mass is 9.89. The van der Waals surface area contributed by atoms with Crippen LogP contribution < -0.4 is 23.8 Å². The number of nitrogens with zero attached hydrogens (tertiary/aromatic N) is 1. The van der Waals surface area contributed by atoms with Crippen LogP contribution in [0.4, 0.5) is 5.69 Å². The average Bonchev–Trinajstić information content (AvgIpc) is 2.70. The molecule has 3 rings (SSSR count). The molecule has 0 radical (unpaired) electrons. The van der Waals surface area contributed by atoms with E-state index in [-0.39, 0.29) is 12.6 Å². The molecule has 1 heterocycles. The zero-order valence-electron chi connectivity index (χ0n) is 18.3. The van der Waals surface area contributed by atoms with Crippen molar-refractivity contribution in [3.8, 4) is 17.2 Å². The molecule has 0 saturated carbocycles. The molecule has 0 aromatic heterocycles. The molecule has 2 aromatic rings. The third kappa shape index (κ3) is 5.41. The maximum Gasteiger partial charge on any atom is 0.241 e. The topological polar surface area (TPSA) is 94.2 Å². The van der Waals surface area contributed by atoms with Crippen LogP contribution in [0.1, 0.15) is 31.9 Å². The Hall–Kier alpha value is -2.94. The van der Waals surface area contributed by atoms with Crippen molar-refractivity contribution in [3.63, 3.8) is 0 Å². The van der Waals surface area contributed by atoms with Crippen LogP contribution in [0.15, 0.2) is 42.5 Å². The van der Waals surface area contributed by atoms with Gasteiger partial charge >= 0.3 is 0 Å². The van der Waals surface area contributed by atoms with Crippen molar-refractivity contribution >= 4 is 21.6 Å². The number of hydrogen-bond acceptors (Lipinski definition) is 6. The summed E-state index contributed by atoms with van der Waals surface area (Å²) in [5, 5.41) is 2.97. The van der Waals surface area contributed by atoms with E-state index in [1.54, 1.807) is 43.5 Å². The monoisotopic (exact) mass is 448 g/mol. The largest absolute Gasteiger partial charge is 0.497 e. The Kier molecular flexibility index (Phi) is 6.35. The summed E-state index contributed by atoms with van der Waals surface area (Å²) < 4.78 is 42.2. The third-order valence-corrected chi connectivity index (χ3v) is 6.20. The number of sulfonamides is 1. The molecule has 1 aliphatic heterocycles. The molecular formula is C22H28N2O6S. The number of ether oxygens (including phenoxy) is 3. The van der Waals surface area contributed by atoms with Gasteiger partial charge in [0, 0.05) is 18.1 Å². The highest BCUT2D eigenvalue weighted by Gasteiger charge is 2.35. The average molecular weight is 449 g/mol. The Balaban J connectivity index is 1.82. The maximum absolute atomic E-state index is 12.9. The molecule has 0 saturated heterocycles. The zero-order valence-corrected chi connectivity index (χ0v) is 19.2. The number of carbonyl (C=O) groups is 1. The molecule has 1 amide bonds. The van der Waals surface area contributed by atoms with Gasteiger partial charge in [0.05, 0.1) is 32.2 Å². The van der Waals surface area contributed by atoms with Crippen LogP contribution >= 0.6 is 0 Å². The predicted molar refractivity (Wildman–Crippen MR) is 118 cm³/mol. The number of carbonyl (C=O) groups excluding carboxylic acids is 1. The molecule has 168 valence electrons. The fraction of sp³-hybridized carbons (Fsp3) is 0.409. The van der Waals surface area contributed by atoms with E-state index in [1.807, 2.05) is 19.9 Å². The van der Waals surface area contributed by atoms with Crippen LogP contribution in [-0.4, -0.2) is 46.9 Å². The fourth-order valence-electron chi connectivity index (χ4n) is 3.61. The summed E-state index contributed by atoms with van der Waals surface area (Å²) in [4.78, 5) is 12.9. The van der Waals surface area contributed by atoms with E-state index in [9.17, 15) is 13.2 Å². The van der Waals surface area contributed by atoms with Crippen molar-refractivity contribution in [1.82, 2.24) is 5.32 Å². The number of amides is 1. The summed E-state index contributed by atoms with van der Waals surface area (Å²) in [6.45, 7) is 3.54. The number of fused-ring (bicyclic) bond motifs is 1. The number of hydrogen-bond donors (Lipinski definition) is 1. The van der Waals surface area contributed by atoms with Gasteiger partial charge in [-0.25, -0.2) is 8.42 Å². The highest BCUT2D eigenvalue weighted by molar-refractivity contribution is 7.92. The van der Waals surface area contributed by atoms with E-state index in [4.69, 9.17) is 14.2 Å². The molecule has 2 aromatic carbocycles. The van der Waals surface area contributed by atoms with E-state index >= 15 is 0 Å². The van der Waals surface area contributed by atoms with Crippen LogP contribution in [0.2, 0.25) is 0 Å². The molecule has 8 nitrogen and oxygen atoms in total. The lowest BCUT2D eigenvalue weighted by Crippen LogP contribution is -2.45. The SMILES string of the molecule is COc1ccc(N(CC(=O)N[C@H]2CC(C)(C)Oc3cc(OC)ccc32)S(C)(=O)=O)cc1. The Morgan fingerprint density at radius 2 is 1.74 bits per heavy atom. The molecule has 1 atom stereocenters. The Morgan fingerprint density at radius 1 is 1.13 bits per heavy atom. The standard InChI is InChI=1S/C22H28N2O6S/c1-22(2)13-19(18-11-10-17(29-4)12-20(18)30-22)23-21(25)14-24(31(5,26)27)15-6-8-16(28-3)9-7-15/h6-12,19H,13-14H2,1-5H3,(H,23,25)/t19-/m0/s1. The predicted octanol–water partition coefficient (Wildman–Crippen LogP) is 2.89. The minimum Gasteiger partial charge on any atom is -0.497 e. The van der Waals surface area contributed by atoms with Gasteiger partial charge in [-0.1, -0.05) is 0 Å². The summed E-state index contributed by atoms with van der Waals surface area (Å²) in [7, 11) is -0.571. The fourth-order valence-corrected chi connectivity index (χ4v) is 4.46. The second-order valence-electron chi connectivity index (χ2n) is 8.06. The lowest BCUT2D eigenvalue weighted by Gasteiger charge is -2.38. The number of benzene rings is 2. The van der Waals surface area contributed by atoms with Crippen LogP contribution in [0.25, 0.3) is 0 Å². The highest BCUT2D eigenvalue weighted by atomic mass is 32.2. The molecular weight excluding hydrogens is 420 g/mol. The molecule has 9 heteroatoms. The van der Waals surface area contributed by atoms with E-state index in [0.717, 1.165) is 16.1 Å². The summed E-state index contributed by atoms with van der Waals surface area (Å²) in [6.07, 6.45) is 1.61. The van der Waals surface area contributed by atoms with Crippen molar-refractivity contribution in [2.45, 2.75) is 31.9 Å². The Labute approximate surface area is 183 Å². The normalized spacial score (nSPS) is 17.1. The van der Waals surface area contributed by atoms with E-state index in [1.165, 1.54) is 7.11 Å². The van der Waals surface area contributed by atoms with Crippen LogP contribution in [0, 0.1) is 0 Å². The highest BCUT2D eigenvalue weighted by Crippen LogP contribution is 2.41. The van der Waals surface area contributed by atoms with Gasteiger partial charge in [0.25, 0.3) is 0 Å². The Bertz CT molecular complexity index is 1050. The maximum atomic E-state index is 12.9. The van der Waals surface area contributed by atoms with E-state index in [0.29, 0.717) is 29.4 Å². The van der Waals surface area contributed by atoms with Gasteiger partial charge in [-0.3, -0.25) is 9.10 Å². The van der Waals surface area contributed by atoms with E-state index < -0.39 is 21.5 Å². The first kappa shape index (κ1) is 22.7. The van der Waals surface area contributed by atoms with Crippen molar-refractivity contribution < 1.29 is 27.4 Å². The lowest BCUT2D eigenvalue weighted by molar-refractivity contribution is -0.120. The summed E-state index contributed by atoms with van der Waals surface area (Å²) in [5.41, 5.74) is 0.698. The van der Waals surface area contributed by atoms with Crippen molar-refractivity contribution in [2.24, 2.45) is 0 Å². The summed E-state index contributed by atoms with van der Waals surface area (Å²) in [5.74, 6) is 1.48. The minimum atomic E-state index is -3.68. The third-order valence-electron chi connectivity index (χ3n) is 5.06. The first-order valence-electron chi connectivity index (χ1n) is 9.80. The van der Waals surface area contributed by atoms with Crippen molar-refractivity contribution in [3.05, 3.63) is 48.0 Å². The molecule has 1 aliphatic rings. The second kappa shape index (κ2) is 8.66. The second-order valence-corrected chi connectivity index (χ2v) is 9.96. The molecule has 0 unspecified atom stereocenters. The molecule has 0 bridgehead atoms. The van der Waals surface area contributed by atoms with Crippen LogP contribution in [0.5, 0.6) is 17.2 Å². The first-order valence-corrected chi connectivity index (χ1v) is 11.7. The van der Waals surface area contributed by atoms with Gasteiger partial charge in [0.2, 0.25) is 15.9 Å². The number of rotatable bonds is 7. The van der Waals surface area contributed by atoms with Crippen LogP contribution in [-0.2, 0) is 14.8 Å². The molecule has 0 spiro atoms. The van der Waals surface area contributed by atoms with Crippen molar-refractivity contribution in [2.75, 3.05) is 31.3 Å². The van der Waals surface area contributed by atoms with Gasteiger partial charge in [0.15, 0.2) is 0 Å². The van der Waals surface area contributed by atoms with Gasteiger partial charge in [-0.15, -0.1) is 0 Å². The quantitative estimate of drug-likeness (QED) is 0.700. The smallest absolute Gasteiger partial charge is 0.241 e. The van der Waals surface area contributed by atoms with Crippen LogP contribution in [0.3, 0.4) is 0 Å². The van der Waals surface area contributed by atoms with Gasteiger partial charge in [0.1, 0.15) is 29.4 Å². The molecule has 1 N–H and O–H groups in total. The minimum absolute atomic E-state index is 0.325. The Morgan fingerprint density at radius 3 is 2.32 bits per heavy atom. The number of anilines is 1. The molecule has 31 heavy (non-hydrogen) atoms. The molecule has 0 aliphatic carbocycles. The summed E-state index contributed by atoms with van der Waals surface area (Å²) in [6, 6.07) is 11.6. The van der Waals surface area contributed by atoms with Crippen molar-refractivity contribution in [1.29, 1.82) is 0 Å². The number of nitrogens with one attached hydrogen (secondary N) is 1. The van der Waals surface area contributed by atoms with E-state index in [2.05, 4.69) is 5.32 Å². The number of methoxy groups -OCH3 is 2.